The molecule has 0 saturated carbocycles. The van der Waals surface area contributed by atoms with Gasteiger partial charge in [-0.05, 0) is 6.92 Å². The molecule has 0 radical (unpaired) electrons. The Hall–Kier alpha value is -2.40. The smallest absolute Gasteiger partial charge is 0.233 e. The van der Waals surface area contributed by atoms with E-state index in [0.717, 1.165) is 0 Å². The first kappa shape index (κ1) is 16.1. The summed E-state index contributed by atoms with van der Waals surface area (Å²) in [7, 11) is 0. The molecule has 2 aromatic rings. The number of Topliss-reactive ketones (excluding diaryl/α,β-unsaturated/α-hetero) is 1. The molecule has 4 rings (SSSR count). The third-order valence-electron chi connectivity index (χ3n) is 4.68. The van der Waals surface area contributed by atoms with E-state index in [4.69, 9.17) is 4.74 Å². The number of ether oxygens (including phenoxy) is 1. The highest BCUT2D eigenvalue weighted by molar-refractivity contribution is 6.21. The van der Waals surface area contributed by atoms with Gasteiger partial charge >= 0.3 is 0 Å². The van der Waals surface area contributed by atoms with Gasteiger partial charge in [-0.3, -0.25) is 9.59 Å². The number of aliphatic hydroxyl groups excluding tert-OH is 2. The number of aliphatic hydroxyl groups is 3. The van der Waals surface area contributed by atoms with Crippen molar-refractivity contribution in [1.82, 2.24) is 14.5 Å². The maximum Gasteiger partial charge on any atom is 0.233 e. The van der Waals surface area contributed by atoms with Crippen LogP contribution in [0, 0.1) is 0 Å². The Kier molecular flexibility index (Phi) is 3.41. The van der Waals surface area contributed by atoms with Crippen LogP contribution in [-0.2, 0) is 9.53 Å². The van der Waals surface area contributed by atoms with Crippen LogP contribution in [0.4, 0.5) is 5.82 Å². The number of carbonyl (C=O) groups excluding carboxylic acids is 2. The highest BCUT2D eigenvalue weighted by Gasteiger charge is 2.53. The maximum absolute atomic E-state index is 12.4. The van der Waals surface area contributed by atoms with E-state index in [1.165, 1.54) is 24.0 Å². The lowest BCUT2D eigenvalue weighted by Crippen LogP contribution is -2.44. The molecule has 10 nitrogen and oxygen atoms in total. The Morgan fingerprint density at radius 1 is 1.44 bits per heavy atom. The van der Waals surface area contributed by atoms with E-state index in [9.17, 15) is 24.9 Å². The van der Waals surface area contributed by atoms with Crippen LogP contribution < -0.4 is 5.32 Å². The van der Waals surface area contributed by atoms with Crippen molar-refractivity contribution in [2.24, 2.45) is 0 Å². The summed E-state index contributed by atoms with van der Waals surface area (Å²) in [5.74, 6) is -0.675. The molecule has 1 unspecified atom stereocenters. The van der Waals surface area contributed by atoms with Crippen LogP contribution in [0.3, 0.4) is 0 Å². The minimum atomic E-state index is -1.72. The number of nitrogens with one attached hydrogen (secondary N) is 1. The number of hydrogen-bond donors (Lipinski definition) is 4. The van der Waals surface area contributed by atoms with Crippen molar-refractivity contribution in [1.29, 1.82) is 0 Å². The molecule has 132 valence electrons. The summed E-state index contributed by atoms with van der Waals surface area (Å²) in [6.07, 6.45) is -1.08. The molecule has 4 atom stereocenters. The summed E-state index contributed by atoms with van der Waals surface area (Å²) in [6, 6.07) is 0. The Bertz CT molecular complexity index is 892. The van der Waals surface area contributed by atoms with Crippen molar-refractivity contribution in [3.05, 3.63) is 18.1 Å². The van der Waals surface area contributed by atoms with Crippen LogP contribution >= 0.6 is 0 Å². The second-order valence-electron chi connectivity index (χ2n) is 6.40. The zero-order chi connectivity index (χ0) is 17.9. The summed E-state index contributed by atoms with van der Waals surface area (Å²) < 4.78 is 7.01. The standard InChI is InChI=1S/C15H16N4O6/c1-15(24)11(23)8(4-20)25-14(15)19-3-6-7(21)2-9(22)18-12-10(6)13(19)17-5-16-12/h3,5,8,11,14,20,23-24H,2,4H2,1H3,(H,16,17,18,22)/t8-,11-,14?,15-/m1/s1. The third kappa shape index (κ3) is 2.19. The fourth-order valence-corrected chi connectivity index (χ4v) is 3.38. The first-order valence-electron chi connectivity index (χ1n) is 7.70. The summed E-state index contributed by atoms with van der Waals surface area (Å²) in [5, 5.41) is 33.1. The predicted octanol–water partition coefficient (Wildman–Crippen LogP) is -1.04. The Morgan fingerprint density at radius 3 is 2.88 bits per heavy atom. The normalized spacial score (nSPS) is 32.1. The van der Waals surface area contributed by atoms with E-state index in [0.29, 0.717) is 5.39 Å². The topological polar surface area (TPSA) is 147 Å². The van der Waals surface area contributed by atoms with Gasteiger partial charge < -0.3 is 29.9 Å². The zero-order valence-electron chi connectivity index (χ0n) is 13.2. The van der Waals surface area contributed by atoms with E-state index in [-0.39, 0.29) is 23.4 Å². The highest BCUT2D eigenvalue weighted by atomic mass is 16.6. The van der Waals surface area contributed by atoms with Gasteiger partial charge in [0.15, 0.2) is 12.0 Å². The van der Waals surface area contributed by atoms with Gasteiger partial charge in [0, 0.05) is 11.8 Å². The molecule has 2 aromatic heterocycles. The SMILES string of the molecule is C[C@]1(O)C(n2cc3c4c(ncnc42)NC(=O)CC3=O)O[C@H](CO)[C@H]1O. The number of carbonyl (C=O) groups is 2. The molecule has 2 aliphatic rings. The lowest BCUT2D eigenvalue weighted by molar-refractivity contribution is -0.115. The van der Waals surface area contributed by atoms with Gasteiger partial charge in [-0.15, -0.1) is 0 Å². The number of anilines is 1. The molecule has 1 fully saturated rings. The number of ketones is 1. The quantitative estimate of drug-likeness (QED) is 0.503. The average molecular weight is 348 g/mol. The summed E-state index contributed by atoms with van der Waals surface area (Å²) >= 11 is 0. The first-order valence-corrected chi connectivity index (χ1v) is 7.70. The second-order valence-corrected chi connectivity index (χ2v) is 6.40. The average Bonchev–Trinajstić information content (AvgIpc) is 3.00. The lowest BCUT2D eigenvalue weighted by atomic mass is 9.96. The fourth-order valence-electron chi connectivity index (χ4n) is 3.38. The van der Waals surface area contributed by atoms with Crippen molar-refractivity contribution in [2.45, 2.75) is 37.4 Å². The van der Waals surface area contributed by atoms with E-state index >= 15 is 0 Å². The largest absolute Gasteiger partial charge is 0.394 e. The van der Waals surface area contributed by atoms with Crippen LogP contribution in [0.1, 0.15) is 29.9 Å². The van der Waals surface area contributed by atoms with Gasteiger partial charge in [0.25, 0.3) is 0 Å². The molecule has 1 amide bonds. The molecule has 2 aliphatic heterocycles. The van der Waals surface area contributed by atoms with E-state index < -0.39 is 42.3 Å². The lowest BCUT2D eigenvalue weighted by Gasteiger charge is -2.27. The molecule has 25 heavy (non-hydrogen) atoms. The van der Waals surface area contributed by atoms with Crippen molar-refractivity contribution < 1.29 is 29.6 Å². The van der Waals surface area contributed by atoms with Crippen molar-refractivity contribution in [3.8, 4) is 0 Å². The summed E-state index contributed by atoms with van der Waals surface area (Å²) in [5.41, 5.74) is -1.23. The van der Waals surface area contributed by atoms with Crippen LogP contribution in [-0.4, -0.2) is 66.0 Å². The molecule has 1 saturated heterocycles. The molecular weight excluding hydrogens is 332 g/mol. The van der Waals surface area contributed by atoms with Crippen LogP contribution in [0.25, 0.3) is 11.0 Å². The number of amides is 1. The van der Waals surface area contributed by atoms with Crippen LogP contribution in [0.2, 0.25) is 0 Å². The molecule has 0 aliphatic carbocycles. The van der Waals surface area contributed by atoms with E-state index in [2.05, 4.69) is 15.3 Å². The highest BCUT2D eigenvalue weighted by Crippen LogP contribution is 2.41. The monoisotopic (exact) mass is 348 g/mol. The van der Waals surface area contributed by atoms with Crippen molar-refractivity contribution >= 4 is 28.5 Å². The number of rotatable bonds is 2. The van der Waals surface area contributed by atoms with Gasteiger partial charge in [0.2, 0.25) is 5.91 Å². The van der Waals surface area contributed by atoms with Crippen LogP contribution in [0.5, 0.6) is 0 Å². The van der Waals surface area contributed by atoms with Crippen molar-refractivity contribution in [2.75, 3.05) is 11.9 Å². The molecule has 0 bridgehead atoms. The van der Waals surface area contributed by atoms with Gasteiger partial charge in [-0.25, -0.2) is 9.97 Å². The van der Waals surface area contributed by atoms with Crippen molar-refractivity contribution in [3.63, 3.8) is 0 Å². The summed E-state index contributed by atoms with van der Waals surface area (Å²) in [4.78, 5) is 32.2. The van der Waals surface area contributed by atoms with E-state index in [1.54, 1.807) is 0 Å². The molecule has 10 heteroatoms. The zero-order valence-corrected chi connectivity index (χ0v) is 13.2. The number of hydrogen-bond acceptors (Lipinski definition) is 8. The Labute approximate surface area is 141 Å². The van der Waals surface area contributed by atoms with Gasteiger partial charge in [0.05, 0.1) is 18.4 Å². The van der Waals surface area contributed by atoms with Crippen LogP contribution in [0.15, 0.2) is 12.5 Å². The molecule has 4 N–H and O–H groups in total. The Morgan fingerprint density at radius 2 is 2.20 bits per heavy atom. The Balaban J connectivity index is 1.92. The first-order chi connectivity index (χ1) is 11.8. The van der Waals surface area contributed by atoms with E-state index in [1.807, 2.05) is 0 Å². The molecule has 0 aromatic carbocycles. The molecule has 0 spiro atoms. The molecular formula is C15H16N4O6. The minimum absolute atomic E-state index is 0.200. The third-order valence-corrected chi connectivity index (χ3v) is 4.68. The molecule has 4 heterocycles. The summed E-state index contributed by atoms with van der Waals surface area (Å²) in [6.45, 7) is 0.899. The van der Waals surface area contributed by atoms with Gasteiger partial charge in [-0.2, -0.15) is 0 Å². The van der Waals surface area contributed by atoms with Gasteiger partial charge in [-0.1, -0.05) is 0 Å². The maximum atomic E-state index is 12.4. The number of aromatic nitrogens is 3. The van der Waals surface area contributed by atoms with Gasteiger partial charge in [0.1, 0.15) is 35.6 Å². The minimum Gasteiger partial charge on any atom is -0.394 e. The number of nitrogens with zero attached hydrogens (tertiary/aromatic N) is 3. The predicted molar refractivity (Wildman–Crippen MR) is 82.7 cm³/mol. The second kappa shape index (κ2) is 5.30. The fraction of sp³-hybridized carbons (Fsp3) is 0.467.